The monoisotopic (exact) mass is 315 g/mol. The molecule has 4 nitrogen and oxygen atoms in total. The van der Waals surface area contributed by atoms with Crippen LogP contribution in [0.4, 0.5) is 5.82 Å². The minimum Gasteiger partial charge on any atom is -0.372 e. The number of aromatic nitrogens is 2. The molecule has 4 rings (SSSR count). The third kappa shape index (κ3) is 2.42. The average molecular weight is 315 g/mol. The molecule has 22 heavy (non-hydrogen) atoms. The molecule has 1 aliphatic heterocycles. The summed E-state index contributed by atoms with van der Waals surface area (Å²) in [7, 11) is 0. The molecular weight excluding hydrogens is 294 g/mol. The normalized spacial score (nSPS) is 21.3. The highest BCUT2D eigenvalue weighted by molar-refractivity contribution is 7.19. The molecule has 0 bridgehead atoms. The molecule has 0 radical (unpaired) electrons. The largest absolute Gasteiger partial charge is 0.372 e. The molecule has 2 aromatic rings. The van der Waals surface area contributed by atoms with Crippen molar-refractivity contribution < 1.29 is 4.74 Å². The second-order valence-corrected chi connectivity index (χ2v) is 7.15. The molecule has 1 fully saturated rings. The van der Waals surface area contributed by atoms with Crippen molar-refractivity contribution in [3.63, 3.8) is 0 Å². The van der Waals surface area contributed by atoms with Crippen LogP contribution >= 0.6 is 11.3 Å². The van der Waals surface area contributed by atoms with Crippen LogP contribution in [0.15, 0.2) is 19.0 Å². The Morgan fingerprint density at radius 3 is 3.18 bits per heavy atom. The quantitative estimate of drug-likeness (QED) is 0.811. The van der Waals surface area contributed by atoms with Crippen LogP contribution < -0.4 is 4.90 Å². The van der Waals surface area contributed by atoms with E-state index in [-0.39, 0.29) is 6.10 Å². The third-order valence-electron chi connectivity index (χ3n) is 4.63. The summed E-state index contributed by atoms with van der Waals surface area (Å²) in [5, 5.41) is 1.31. The Morgan fingerprint density at radius 1 is 1.36 bits per heavy atom. The van der Waals surface area contributed by atoms with E-state index in [9.17, 15) is 0 Å². The molecule has 1 unspecified atom stereocenters. The van der Waals surface area contributed by atoms with Gasteiger partial charge in [-0.2, -0.15) is 0 Å². The molecule has 0 amide bonds. The molecule has 1 atom stereocenters. The molecule has 5 heteroatoms. The Bertz CT molecular complexity index is 697. The van der Waals surface area contributed by atoms with Crippen molar-refractivity contribution in [2.75, 3.05) is 24.6 Å². The van der Waals surface area contributed by atoms with Crippen LogP contribution in [0, 0.1) is 0 Å². The van der Waals surface area contributed by atoms with Gasteiger partial charge in [0.05, 0.1) is 18.1 Å². The second-order valence-electron chi connectivity index (χ2n) is 6.07. The summed E-state index contributed by atoms with van der Waals surface area (Å²) in [6, 6.07) is 0. The van der Waals surface area contributed by atoms with Gasteiger partial charge in [0, 0.05) is 18.0 Å². The summed E-state index contributed by atoms with van der Waals surface area (Å²) >= 11 is 1.87. The number of aryl methyl sites for hydroxylation is 2. The Kier molecular flexibility index (Phi) is 3.84. The van der Waals surface area contributed by atoms with E-state index in [1.807, 2.05) is 17.4 Å². The van der Waals surface area contributed by atoms with E-state index >= 15 is 0 Å². The molecule has 0 N–H and O–H groups in total. The molecule has 116 valence electrons. The fourth-order valence-electron chi connectivity index (χ4n) is 3.57. The predicted molar refractivity (Wildman–Crippen MR) is 90.8 cm³/mol. The number of fused-ring (bicyclic) bond motifs is 3. The summed E-state index contributed by atoms with van der Waals surface area (Å²) < 4.78 is 5.81. The number of anilines is 1. The first-order valence-electron chi connectivity index (χ1n) is 8.09. The van der Waals surface area contributed by atoms with Crippen LogP contribution in [0.5, 0.6) is 0 Å². The van der Waals surface area contributed by atoms with Gasteiger partial charge in [0.2, 0.25) is 0 Å². The van der Waals surface area contributed by atoms with Gasteiger partial charge in [0.25, 0.3) is 0 Å². The number of ether oxygens (including phenoxy) is 1. The van der Waals surface area contributed by atoms with Gasteiger partial charge < -0.3 is 9.64 Å². The van der Waals surface area contributed by atoms with E-state index in [2.05, 4.69) is 21.4 Å². The van der Waals surface area contributed by atoms with Crippen LogP contribution in [-0.4, -0.2) is 35.8 Å². The smallest absolute Gasteiger partial charge is 0.141 e. The van der Waals surface area contributed by atoms with Gasteiger partial charge in [-0.3, -0.25) is 0 Å². The topological polar surface area (TPSA) is 38.2 Å². The van der Waals surface area contributed by atoms with Crippen LogP contribution in [-0.2, 0) is 17.6 Å². The Hall–Kier alpha value is -1.46. The van der Waals surface area contributed by atoms with Gasteiger partial charge in [0.1, 0.15) is 17.0 Å². The van der Waals surface area contributed by atoms with E-state index in [0.29, 0.717) is 6.61 Å². The number of nitrogens with zero attached hydrogens (tertiary/aromatic N) is 3. The Balaban J connectivity index is 1.67. The molecule has 2 aromatic heterocycles. The number of hydrogen-bond acceptors (Lipinski definition) is 5. The highest BCUT2D eigenvalue weighted by Gasteiger charge is 2.28. The maximum absolute atomic E-state index is 5.81. The second kappa shape index (κ2) is 5.97. The van der Waals surface area contributed by atoms with Crippen molar-refractivity contribution in [1.29, 1.82) is 0 Å². The molecular formula is C17H21N3OS. The molecule has 1 aliphatic carbocycles. The van der Waals surface area contributed by atoms with Gasteiger partial charge in [-0.05, 0) is 37.7 Å². The van der Waals surface area contributed by atoms with Crippen molar-refractivity contribution in [3.05, 3.63) is 29.4 Å². The number of hydrogen-bond donors (Lipinski definition) is 0. The molecule has 3 heterocycles. The lowest BCUT2D eigenvalue weighted by Gasteiger charge is -2.19. The van der Waals surface area contributed by atoms with E-state index in [4.69, 9.17) is 4.74 Å². The zero-order valence-electron chi connectivity index (χ0n) is 12.8. The van der Waals surface area contributed by atoms with Gasteiger partial charge in [-0.15, -0.1) is 17.9 Å². The van der Waals surface area contributed by atoms with Crippen molar-refractivity contribution in [3.8, 4) is 0 Å². The molecule has 1 saturated heterocycles. The van der Waals surface area contributed by atoms with Crippen molar-refractivity contribution in [2.45, 2.75) is 38.2 Å². The lowest BCUT2D eigenvalue weighted by Crippen LogP contribution is -2.24. The maximum atomic E-state index is 5.81. The minimum atomic E-state index is 0.289. The SMILES string of the molecule is C=CCOC1CCN(c2ncnc3sc4c(c23)CCCC4)C1. The van der Waals surface area contributed by atoms with E-state index in [1.165, 1.54) is 41.5 Å². The van der Waals surface area contributed by atoms with Gasteiger partial charge in [-0.1, -0.05) is 6.08 Å². The lowest BCUT2D eigenvalue weighted by atomic mass is 9.97. The lowest BCUT2D eigenvalue weighted by molar-refractivity contribution is 0.0909. The van der Waals surface area contributed by atoms with Crippen LogP contribution in [0.2, 0.25) is 0 Å². The Labute approximate surface area is 134 Å². The summed E-state index contributed by atoms with van der Waals surface area (Å²) in [6.45, 7) is 6.29. The third-order valence-corrected chi connectivity index (χ3v) is 5.83. The Morgan fingerprint density at radius 2 is 2.27 bits per heavy atom. The van der Waals surface area contributed by atoms with Crippen LogP contribution in [0.1, 0.15) is 29.7 Å². The van der Waals surface area contributed by atoms with Crippen LogP contribution in [0.25, 0.3) is 10.2 Å². The maximum Gasteiger partial charge on any atom is 0.141 e. The van der Waals surface area contributed by atoms with E-state index < -0.39 is 0 Å². The average Bonchev–Trinajstić information content (AvgIpc) is 3.17. The fraction of sp³-hybridized carbons (Fsp3) is 0.529. The molecule has 0 saturated carbocycles. The van der Waals surface area contributed by atoms with Crippen LogP contribution in [0.3, 0.4) is 0 Å². The standard InChI is InChI=1S/C17H21N3OS/c1-2-9-21-12-7-8-20(10-12)16-15-13-5-3-4-6-14(13)22-17(15)19-11-18-16/h2,11-12H,1,3-10H2. The first kappa shape index (κ1) is 14.2. The summed E-state index contributed by atoms with van der Waals surface area (Å²) in [6.07, 6.45) is 9.88. The van der Waals surface area contributed by atoms with Crippen molar-refractivity contribution >= 4 is 27.4 Å². The van der Waals surface area contributed by atoms with E-state index in [0.717, 1.165) is 30.2 Å². The highest BCUT2D eigenvalue weighted by Crippen LogP contribution is 2.39. The predicted octanol–water partition coefficient (Wildman–Crippen LogP) is 3.35. The van der Waals surface area contributed by atoms with Crippen molar-refractivity contribution in [1.82, 2.24) is 9.97 Å². The first-order valence-corrected chi connectivity index (χ1v) is 8.91. The van der Waals surface area contributed by atoms with Gasteiger partial charge >= 0.3 is 0 Å². The minimum absolute atomic E-state index is 0.289. The first-order chi connectivity index (χ1) is 10.9. The highest BCUT2D eigenvalue weighted by atomic mass is 32.1. The van der Waals surface area contributed by atoms with E-state index in [1.54, 1.807) is 6.33 Å². The van der Waals surface area contributed by atoms with Gasteiger partial charge in [0.15, 0.2) is 0 Å². The number of thiophene rings is 1. The zero-order chi connectivity index (χ0) is 14.9. The molecule has 0 spiro atoms. The number of rotatable bonds is 4. The fourth-order valence-corrected chi connectivity index (χ4v) is 4.80. The molecule has 0 aromatic carbocycles. The zero-order valence-corrected chi connectivity index (χ0v) is 13.6. The summed E-state index contributed by atoms with van der Waals surface area (Å²) in [4.78, 5) is 14.2. The summed E-state index contributed by atoms with van der Waals surface area (Å²) in [5.41, 5.74) is 1.51. The van der Waals surface area contributed by atoms with Gasteiger partial charge in [-0.25, -0.2) is 9.97 Å². The summed E-state index contributed by atoms with van der Waals surface area (Å²) in [5.74, 6) is 1.12. The molecule has 2 aliphatic rings. The van der Waals surface area contributed by atoms with Crippen molar-refractivity contribution in [2.24, 2.45) is 0 Å².